The van der Waals surface area contributed by atoms with E-state index in [1.165, 1.54) is 6.07 Å². The molecule has 32 heavy (non-hydrogen) atoms. The first-order valence-electron chi connectivity index (χ1n) is 10.5. The lowest BCUT2D eigenvalue weighted by Gasteiger charge is -2.22. The van der Waals surface area contributed by atoms with Gasteiger partial charge in [-0.3, -0.25) is 0 Å². The van der Waals surface area contributed by atoms with Gasteiger partial charge in [-0.25, -0.2) is 9.59 Å². The normalized spacial score (nSPS) is 12.1. The molecule has 2 aromatic rings. The number of esters is 2. The van der Waals surface area contributed by atoms with Gasteiger partial charge in [-0.15, -0.1) is 0 Å². The first-order chi connectivity index (χ1) is 15.1. The SMILES string of the molecule is CC(C)(CO)COC(=O)c1ccc(/C=C/c2ccccc2)c(C(=O)OCC(C)(C)CO)c1. The van der Waals surface area contributed by atoms with E-state index in [-0.39, 0.29) is 37.6 Å². The molecule has 0 aromatic heterocycles. The molecule has 172 valence electrons. The summed E-state index contributed by atoms with van der Waals surface area (Å²) in [5, 5.41) is 18.8. The third kappa shape index (κ3) is 7.62. The molecule has 2 rings (SSSR count). The highest BCUT2D eigenvalue weighted by molar-refractivity contribution is 5.99. The van der Waals surface area contributed by atoms with Crippen molar-refractivity contribution < 1.29 is 29.3 Å². The molecule has 0 saturated heterocycles. The molecule has 0 heterocycles. The highest BCUT2D eigenvalue weighted by Crippen LogP contribution is 2.21. The number of carbonyl (C=O) groups is 2. The fraction of sp³-hybridized carbons (Fsp3) is 0.385. The van der Waals surface area contributed by atoms with Gasteiger partial charge in [-0.05, 0) is 23.3 Å². The van der Waals surface area contributed by atoms with E-state index in [9.17, 15) is 19.8 Å². The van der Waals surface area contributed by atoms with Gasteiger partial charge in [-0.2, -0.15) is 0 Å². The Bertz CT molecular complexity index is 944. The van der Waals surface area contributed by atoms with Gasteiger partial charge in [0.05, 0.1) is 37.6 Å². The number of benzene rings is 2. The van der Waals surface area contributed by atoms with Crippen LogP contribution in [0.25, 0.3) is 12.2 Å². The summed E-state index contributed by atoms with van der Waals surface area (Å²) >= 11 is 0. The number of hydrogen-bond acceptors (Lipinski definition) is 6. The summed E-state index contributed by atoms with van der Waals surface area (Å²) in [5.74, 6) is -1.18. The summed E-state index contributed by atoms with van der Waals surface area (Å²) in [6, 6.07) is 14.3. The van der Waals surface area contributed by atoms with Gasteiger partial charge in [0.15, 0.2) is 0 Å². The number of aliphatic hydroxyl groups excluding tert-OH is 2. The average molecular weight is 441 g/mol. The third-order valence-corrected chi connectivity index (χ3v) is 4.81. The number of aliphatic hydroxyl groups is 2. The summed E-state index contributed by atoms with van der Waals surface area (Å²) in [6.07, 6.45) is 3.65. The predicted molar refractivity (Wildman–Crippen MR) is 124 cm³/mol. The molecule has 0 spiro atoms. The molecule has 0 aliphatic rings. The second kappa shape index (κ2) is 11.1. The quantitative estimate of drug-likeness (QED) is 0.425. The molecule has 0 bridgehead atoms. The van der Waals surface area contributed by atoms with Crippen LogP contribution in [0.1, 0.15) is 59.5 Å². The Morgan fingerprint density at radius 1 is 0.812 bits per heavy atom. The summed E-state index contributed by atoms with van der Waals surface area (Å²) in [5.41, 5.74) is 0.843. The van der Waals surface area contributed by atoms with Crippen LogP contribution in [0.2, 0.25) is 0 Å². The summed E-state index contributed by atoms with van der Waals surface area (Å²) in [7, 11) is 0. The van der Waals surface area contributed by atoms with Gasteiger partial charge >= 0.3 is 11.9 Å². The second-order valence-electron chi connectivity index (χ2n) is 9.34. The van der Waals surface area contributed by atoms with Crippen LogP contribution < -0.4 is 0 Å². The summed E-state index contributed by atoms with van der Waals surface area (Å²) in [6.45, 7) is 6.95. The fourth-order valence-corrected chi connectivity index (χ4v) is 2.53. The Balaban J connectivity index is 2.31. The highest BCUT2D eigenvalue weighted by Gasteiger charge is 2.23. The molecule has 0 atom stereocenters. The van der Waals surface area contributed by atoms with Gasteiger partial charge in [-0.1, -0.05) is 76.2 Å². The van der Waals surface area contributed by atoms with E-state index in [0.717, 1.165) is 5.56 Å². The zero-order valence-electron chi connectivity index (χ0n) is 19.1. The van der Waals surface area contributed by atoms with Crippen molar-refractivity contribution in [3.8, 4) is 0 Å². The molecule has 0 fully saturated rings. The van der Waals surface area contributed by atoms with E-state index in [0.29, 0.717) is 5.56 Å². The van der Waals surface area contributed by atoms with Crippen LogP contribution in [-0.4, -0.2) is 48.6 Å². The van der Waals surface area contributed by atoms with Crippen molar-refractivity contribution in [2.75, 3.05) is 26.4 Å². The molecule has 0 aliphatic heterocycles. The van der Waals surface area contributed by atoms with Crippen LogP contribution in [0.5, 0.6) is 0 Å². The highest BCUT2D eigenvalue weighted by atomic mass is 16.5. The number of ether oxygens (including phenoxy) is 2. The molecule has 0 unspecified atom stereocenters. The molecular formula is C26H32O6. The fourth-order valence-electron chi connectivity index (χ4n) is 2.53. The minimum atomic E-state index is -0.593. The van der Waals surface area contributed by atoms with Gasteiger partial charge in [0.1, 0.15) is 0 Å². The van der Waals surface area contributed by atoms with E-state index >= 15 is 0 Å². The van der Waals surface area contributed by atoms with Crippen LogP contribution in [0, 0.1) is 10.8 Å². The average Bonchev–Trinajstić information content (AvgIpc) is 2.80. The van der Waals surface area contributed by atoms with E-state index in [1.54, 1.807) is 45.9 Å². The molecule has 2 N–H and O–H groups in total. The van der Waals surface area contributed by atoms with Crippen LogP contribution in [0.4, 0.5) is 0 Å². The molecule has 0 saturated carbocycles. The van der Waals surface area contributed by atoms with Gasteiger partial charge in [0.2, 0.25) is 0 Å². The standard InChI is InChI=1S/C26H32O6/c1-25(2,15-27)17-31-23(29)21-13-12-20(11-10-19-8-6-5-7-9-19)22(14-21)24(30)32-18-26(3,4)16-28/h5-14,27-28H,15-18H2,1-4H3/b11-10+. The molecule has 6 nitrogen and oxygen atoms in total. The maximum absolute atomic E-state index is 12.9. The topological polar surface area (TPSA) is 93.1 Å². The smallest absolute Gasteiger partial charge is 0.338 e. The zero-order chi connectivity index (χ0) is 23.8. The number of carbonyl (C=O) groups excluding carboxylic acids is 2. The number of hydrogen-bond donors (Lipinski definition) is 2. The largest absolute Gasteiger partial charge is 0.461 e. The van der Waals surface area contributed by atoms with Crippen LogP contribution in [0.15, 0.2) is 48.5 Å². The van der Waals surface area contributed by atoms with E-state index in [1.807, 2.05) is 36.4 Å². The van der Waals surface area contributed by atoms with Crippen LogP contribution in [0.3, 0.4) is 0 Å². The van der Waals surface area contributed by atoms with Crippen molar-refractivity contribution in [2.24, 2.45) is 10.8 Å². The van der Waals surface area contributed by atoms with E-state index in [2.05, 4.69) is 0 Å². The Hall–Kier alpha value is -2.96. The van der Waals surface area contributed by atoms with Gasteiger partial charge in [0.25, 0.3) is 0 Å². The maximum atomic E-state index is 12.9. The first kappa shape index (κ1) is 25.3. The molecule has 0 aliphatic carbocycles. The lowest BCUT2D eigenvalue weighted by Crippen LogP contribution is -2.26. The lowest BCUT2D eigenvalue weighted by molar-refractivity contribution is 0.0216. The maximum Gasteiger partial charge on any atom is 0.338 e. The van der Waals surface area contributed by atoms with E-state index in [4.69, 9.17) is 9.47 Å². The molecule has 0 amide bonds. The minimum Gasteiger partial charge on any atom is -0.461 e. The van der Waals surface area contributed by atoms with Crippen molar-refractivity contribution >= 4 is 24.1 Å². The Morgan fingerprint density at radius 3 is 1.94 bits per heavy atom. The molecular weight excluding hydrogens is 408 g/mol. The summed E-state index contributed by atoms with van der Waals surface area (Å²) < 4.78 is 10.7. The van der Waals surface area contributed by atoms with Crippen LogP contribution >= 0.6 is 0 Å². The Labute approximate surface area is 189 Å². The summed E-state index contributed by atoms with van der Waals surface area (Å²) in [4.78, 5) is 25.4. The minimum absolute atomic E-state index is 0.0313. The third-order valence-electron chi connectivity index (χ3n) is 4.81. The molecule has 0 radical (unpaired) electrons. The molecule has 2 aromatic carbocycles. The molecule has 6 heteroatoms. The van der Waals surface area contributed by atoms with Crippen molar-refractivity contribution in [3.63, 3.8) is 0 Å². The second-order valence-corrected chi connectivity index (χ2v) is 9.34. The van der Waals surface area contributed by atoms with Gasteiger partial charge < -0.3 is 19.7 Å². The number of rotatable bonds is 10. The predicted octanol–water partition coefficient (Wildman–Crippen LogP) is 4.21. The van der Waals surface area contributed by atoms with E-state index < -0.39 is 22.8 Å². The first-order valence-corrected chi connectivity index (χ1v) is 10.5. The van der Waals surface area contributed by atoms with Gasteiger partial charge in [0, 0.05) is 10.8 Å². The Kier molecular flexibility index (Phi) is 8.75. The van der Waals surface area contributed by atoms with Crippen LogP contribution in [-0.2, 0) is 9.47 Å². The van der Waals surface area contributed by atoms with Crippen molar-refractivity contribution in [3.05, 3.63) is 70.8 Å². The zero-order valence-corrected chi connectivity index (χ0v) is 19.1. The van der Waals surface area contributed by atoms with Crippen molar-refractivity contribution in [1.82, 2.24) is 0 Å². The lowest BCUT2D eigenvalue weighted by atomic mass is 9.96. The Morgan fingerprint density at radius 2 is 1.38 bits per heavy atom. The van der Waals surface area contributed by atoms with Crippen molar-refractivity contribution in [2.45, 2.75) is 27.7 Å². The monoisotopic (exact) mass is 440 g/mol. The van der Waals surface area contributed by atoms with Crippen molar-refractivity contribution in [1.29, 1.82) is 0 Å².